The lowest BCUT2D eigenvalue weighted by Gasteiger charge is -2.28. The number of benzene rings is 9. The van der Waals surface area contributed by atoms with E-state index in [1.165, 1.54) is 75.2 Å². The summed E-state index contributed by atoms with van der Waals surface area (Å²) in [5.41, 5.74) is 11.7. The second-order valence-electron chi connectivity index (χ2n) is 14.1. The Balaban J connectivity index is 1.18. The van der Waals surface area contributed by atoms with Crippen molar-refractivity contribution in [2.24, 2.45) is 0 Å². The third kappa shape index (κ3) is 5.16. The fourth-order valence-electron chi connectivity index (χ4n) is 8.50. The van der Waals surface area contributed by atoms with E-state index >= 15 is 0 Å². The van der Waals surface area contributed by atoms with Crippen LogP contribution in [0.2, 0.25) is 0 Å². The highest BCUT2D eigenvalue weighted by Gasteiger charge is 2.22. The van der Waals surface area contributed by atoms with E-state index < -0.39 is 0 Å². The highest BCUT2D eigenvalue weighted by atomic mass is 32.1. The first-order valence-corrected chi connectivity index (χ1v) is 19.6. The third-order valence-electron chi connectivity index (χ3n) is 11.0. The van der Waals surface area contributed by atoms with E-state index in [1.807, 2.05) is 11.3 Å². The number of thiophene rings is 1. The normalized spacial score (nSPS) is 11.6. The molecule has 3 heteroatoms. The predicted molar refractivity (Wildman–Crippen MR) is 237 cm³/mol. The molecule has 0 aliphatic carbocycles. The summed E-state index contributed by atoms with van der Waals surface area (Å²) < 4.78 is 5.13. The van der Waals surface area contributed by atoms with Crippen molar-refractivity contribution in [1.82, 2.24) is 4.57 Å². The molecule has 0 spiro atoms. The zero-order valence-electron chi connectivity index (χ0n) is 29.9. The Morgan fingerprint density at radius 2 is 1.04 bits per heavy atom. The molecule has 2 nitrogen and oxygen atoms in total. The fourth-order valence-corrected chi connectivity index (χ4v) is 9.58. The molecule has 0 amide bonds. The standard InChI is InChI=1S/C52H34N2S/c1-3-15-35(16-4-1)42-30-27-36-17-7-8-21-41(36)52(42)54-48-25-13-10-22-43(48)44-31-29-39(34-49(44)54)53(38-18-5-2-6-19-38)47-24-12-9-20-40(47)37-28-32-51-46(33-37)45-23-11-14-26-50(45)55-51/h1-34H. The zero-order chi connectivity index (χ0) is 36.3. The number of rotatable bonds is 6. The topological polar surface area (TPSA) is 8.17 Å². The number of aromatic nitrogens is 1. The van der Waals surface area contributed by atoms with Crippen LogP contribution >= 0.6 is 11.3 Å². The van der Waals surface area contributed by atoms with Gasteiger partial charge in [-0.3, -0.25) is 0 Å². The molecule has 0 atom stereocenters. The van der Waals surface area contributed by atoms with Crippen molar-refractivity contribution in [2.45, 2.75) is 0 Å². The molecule has 0 bridgehead atoms. The SMILES string of the molecule is c1ccc(-c2ccc3ccccc3c2-n2c3ccccc3c3ccc(N(c4ccccc4)c4ccccc4-c4ccc5sc6ccccc6c5c4)cc32)cc1. The number of anilines is 3. The molecule has 0 saturated heterocycles. The molecular formula is C52H34N2S. The van der Waals surface area contributed by atoms with E-state index in [9.17, 15) is 0 Å². The summed E-state index contributed by atoms with van der Waals surface area (Å²) in [5, 5.41) is 7.51. The number of para-hydroxylation sites is 3. The maximum absolute atomic E-state index is 2.50. The van der Waals surface area contributed by atoms with Gasteiger partial charge < -0.3 is 9.47 Å². The number of hydrogen-bond donors (Lipinski definition) is 0. The first-order valence-electron chi connectivity index (χ1n) is 18.8. The van der Waals surface area contributed by atoms with Crippen molar-refractivity contribution in [3.05, 3.63) is 206 Å². The van der Waals surface area contributed by atoms with Gasteiger partial charge >= 0.3 is 0 Å². The van der Waals surface area contributed by atoms with E-state index in [-0.39, 0.29) is 0 Å². The second-order valence-corrected chi connectivity index (χ2v) is 15.2. The van der Waals surface area contributed by atoms with Crippen LogP contribution in [0.1, 0.15) is 0 Å². The van der Waals surface area contributed by atoms with Crippen LogP contribution in [0.15, 0.2) is 206 Å². The summed E-state index contributed by atoms with van der Waals surface area (Å²) in [4.78, 5) is 2.42. The lowest BCUT2D eigenvalue weighted by atomic mass is 9.98. The van der Waals surface area contributed by atoms with Gasteiger partial charge in [-0.15, -0.1) is 11.3 Å². The lowest BCUT2D eigenvalue weighted by molar-refractivity contribution is 1.19. The summed E-state index contributed by atoms with van der Waals surface area (Å²) in [6.45, 7) is 0. The van der Waals surface area contributed by atoms with E-state index in [1.54, 1.807) is 0 Å². The van der Waals surface area contributed by atoms with Crippen LogP contribution in [0.3, 0.4) is 0 Å². The first kappa shape index (κ1) is 31.6. The molecule has 0 unspecified atom stereocenters. The van der Waals surface area contributed by atoms with E-state index in [0.29, 0.717) is 0 Å². The van der Waals surface area contributed by atoms with E-state index in [4.69, 9.17) is 0 Å². The second kappa shape index (κ2) is 12.9. The van der Waals surface area contributed by atoms with Crippen molar-refractivity contribution in [3.8, 4) is 27.9 Å². The Bertz CT molecular complexity index is 3210. The molecule has 9 aromatic carbocycles. The van der Waals surface area contributed by atoms with Crippen molar-refractivity contribution in [3.63, 3.8) is 0 Å². The molecule has 0 saturated carbocycles. The maximum atomic E-state index is 2.50. The molecule has 0 aliphatic rings. The van der Waals surface area contributed by atoms with Crippen molar-refractivity contribution in [1.29, 1.82) is 0 Å². The molecule has 0 N–H and O–H groups in total. The van der Waals surface area contributed by atoms with Gasteiger partial charge in [-0.1, -0.05) is 152 Å². The molecule has 55 heavy (non-hydrogen) atoms. The quantitative estimate of drug-likeness (QED) is 0.166. The lowest BCUT2D eigenvalue weighted by Crippen LogP contribution is -2.11. The average molecular weight is 719 g/mol. The van der Waals surface area contributed by atoms with Crippen LogP contribution in [-0.4, -0.2) is 4.57 Å². The highest BCUT2D eigenvalue weighted by Crippen LogP contribution is 2.46. The molecule has 11 rings (SSSR count). The van der Waals surface area contributed by atoms with Gasteiger partial charge in [-0.05, 0) is 71.1 Å². The molecule has 2 heterocycles. The van der Waals surface area contributed by atoms with Crippen LogP contribution in [0.25, 0.3) is 80.7 Å². The molecule has 11 aromatic rings. The average Bonchev–Trinajstić information content (AvgIpc) is 3.79. The van der Waals surface area contributed by atoms with Gasteiger partial charge in [0.15, 0.2) is 0 Å². The Morgan fingerprint density at radius 3 is 1.91 bits per heavy atom. The van der Waals surface area contributed by atoms with Gasteiger partial charge in [-0.2, -0.15) is 0 Å². The largest absolute Gasteiger partial charge is 0.310 e. The van der Waals surface area contributed by atoms with Crippen LogP contribution in [0, 0.1) is 0 Å². The molecule has 2 aromatic heterocycles. The third-order valence-corrected chi connectivity index (χ3v) is 12.1. The van der Waals surface area contributed by atoms with Crippen LogP contribution in [-0.2, 0) is 0 Å². The maximum Gasteiger partial charge on any atom is 0.0618 e. The Hall–Kier alpha value is -6.94. The minimum Gasteiger partial charge on any atom is -0.310 e. The number of fused-ring (bicyclic) bond motifs is 7. The van der Waals surface area contributed by atoms with Crippen LogP contribution in [0.4, 0.5) is 17.1 Å². The summed E-state index contributed by atoms with van der Waals surface area (Å²) >= 11 is 1.86. The first-order chi connectivity index (χ1) is 27.3. The van der Waals surface area contributed by atoms with Gasteiger partial charge in [-0.25, -0.2) is 0 Å². The Kier molecular flexibility index (Phi) is 7.39. The predicted octanol–water partition coefficient (Wildman–Crippen LogP) is 15.1. The fraction of sp³-hybridized carbons (Fsp3) is 0. The van der Waals surface area contributed by atoms with Gasteiger partial charge in [0.25, 0.3) is 0 Å². The van der Waals surface area contributed by atoms with Crippen molar-refractivity contribution < 1.29 is 0 Å². The number of nitrogens with zero attached hydrogens (tertiary/aromatic N) is 2. The van der Waals surface area contributed by atoms with Gasteiger partial charge in [0.05, 0.1) is 22.4 Å². The molecule has 0 radical (unpaired) electrons. The van der Waals surface area contributed by atoms with Gasteiger partial charge in [0.2, 0.25) is 0 Å². The van der Waals surface area contributed by atoms with Gasteiger partial charge in [0, 0.05) is 58.8 Å². The van der Waals surface area contributed by atoms with Crippen molar-refractivity contribution in [2.75, 3.05) is 4.90 Å². The minimum absolute atomic E-state index is 1.10. The van der Waals surface area contributed by atoms with E-state index in [0.717, 1.165) is 22.6 Å². The summed E-state index contributed by atoms with van der Waals surface area (Å²) in [7, 11) is 0. The molecule has 258 valence electrons. The Labute approximate surface area is 323 Å². The summed E-state index contributed by atoms with van der Waals surface area (Å²) in [6.07, 6.45) is 0. The van der Waals surface area contributed by atoms with Gasteiger partial charge in [0.1, 0.15) is 0 Å². The zero-order valence-corrected chi connectivity index (χ0v) is 30.7. The smallest absolute Gasteiger partial charge is 0.0618 e. The Morgan fingerprint density at radius 1 is 0.364 bits per heavy atom. The molecule has 0 fully saturated rings. The minimum atomic E-state index is 1.10. The molecule has 0 aliphatic heterocycles. The summed E-state index contributed by atoms with van der Waals surface area (Å²) in [6, 6.07) is 75.3. The van der Waals surface area contributed by atoms with Crippen LogP contribution in [0.5, 0.6) is 0 Å². The van der Waals surface area contributed by atoms with E-state index in [2.05, 4.69) is 216 Å². The van der Waals surface area contributed by atoms with Crippen molar-refractivity contribution >= 4 is 81.1 Å². The number of hydrogen-bond acceptors (Lipinski definition) is 2. The monoisotopic (exact) mass is 718 g/mol. The molecular weight excluding hydrogens is 685 g/mol. The highest BCUT2D eigenvalue weighted by molar-refractivity contribution is 7.25. The van der Waals surface area contributed by atoms with Crippen LogP contribution < -0.4 is 4.90 Å². The summed E-state index contributed by atoms with van der Waals surface area (Å²) in [5.74, 6) is 0.